The molecule has 2 aliphatic rings. The fourth-order valence-electron chi connectivity index (χ4n) is 4.23. The van der Waals surface area contributed by atoms with Crippen LogP contribution < -0.4 is 4.74 Å². The second-order valence-corrected chi connectivity index (χ2v) is 6.86. The first kappa shape index (κ1) is 18.4. The Morgan fingerprint density at radius 1 is 1.23 bits per heavy atom. The molecule has 0 heterocycles. The number of benzene rings is 1. The van der Waals surface area contributed by atoms with E-state index >= 15 is 0 Å². The van der Waals surface area contributed by atoms with E-state index in [1.165, 1.54) is 0 Å². The van der Waals surface area contributed by atoms with Crippen molar-refractivity contribution in [3.05, 3.63) is 53.1 Å². The lowest BCUT2D eigenvalue weighted by Gasteiger charge is -2.44. The highest BCUT2D eigenvalue weighted by Gasteiger charge is 2.64. The van der Waals surface area contributed by atoms with Crippen LogP contribution in [0.1, 0.15) is 32.3 Å². The number of carbonyl (C=O) groups excluding carboxylic acids is 2. The number of hydrogen-bond donors (Lipinski definition) is 1. The van der Waals surface area contributed by atoms with Crippen LogP contribution in [0.4, 0.5) is 0 Å². The van der Waals surface area contributed by atoms with Crippen molar-refractivity contribution in [2.45, 2.75) is 38.7 Å². The first-order valence-electron chi connectivity index (χ1n) is 8.84. The number of methoxy groups -OCH3 is 1. The van der Waals surface area contributed by atoms with Crippen molar-refractivity contribution in [3.63, 3.8) is 0 Å². The number of esters is 1. The predicted molar refractivity (Wildman–Crippen MR) is 96.8 cm³/mol. The minimum absolute atomic E-state index is 0.0422. The molecule has 2 atom stereocenters. The summed E-state index contributed by atoms with van der Waals surface area (Å²) in [6.45, 7) is 3.78. The van der Waals surface area contributed by atoms with Gasteiger partial charge in [-0.3, -0.25) is 4.79 Å². The van der Waals surface area contributed by atoms with Gasteiger partial charge in [0.15, 0.2) is 0 Å². The van der Waals surface area contributed by atoms with Gasteiger partial charge in [0.2, 0.25) is 0 Å². The summed E-state index contributed by atoms with van der Waals surface area (Å²) in [5.41, 5.74) is -0.846. The number of Topliss-reactive ketones (excluding diaryl/α,β-unsaturated/α-hetero) is 1. The zero-order valence-corrected chi connectivity index (χ0v) is 15.4. The van der Waals surface area contributed by atoms with Crippen LogP contribution >= 0.6 is 0 Å². The molecule has 1 aromatic carbocycles. The number of aliphatic hydroxyl groups is 1. The summed E-state index contributed by atoms with van der Waals surface area (Å²) in [5, 5.41) is 11.6. The number of ketones is 1. The van der Waals surface area contributed by atoms with E-state index in [0.29, 0.717) is 6.42 Å². The van der Waals surface area contributed by atoms with Gasteiger partial charge in [-0.05, 0) is 50.5 Å². The van der Waals surface area contributed by atoms with Gasteiger partial charge in [-0.2, -0.15) is 0 Å². The molecule has 1 saturated carbocycles. The molecule has 1 aromatic rings. The molecule has 138 valence electrons. The molecular formula is C21H24O5. The Balaban J connectivity index is 2.06. The predicted octanol–water partition coefficient (Wildman–Crippen LogP) is 2.77. The lowest BCUT2D eigenvalue weighted by molar-refractivity contribution is -0.144. The molecule has 3 rings (SSSR count). The van der Waals surface area contributed by atoms with Crippen molar-refractivity contribution >= 4 is 11.8 Å². The number of rotatable bonds is 5. The highest BCUT2D eigenvalue weighted by Crippen LogP contribution is 2.56. The molecule has 0 spiro atoms. The van der Waals surface area contributed by atoms with Gasteiger partial charge >= 0.3 is 5.97 Å². The number of allylic oxidation sites excluding steroid dienone is 2. The van der Waals surface area contributed by atoms with Gasteiger partial charge in [-0.25, -0.2) is 4.79 Å². The molecule has 0 unspecified atom stereocenters. The topological polar surface area (TPSA) is 72.8 Å². The van der Waals surface area contributed by atoms with Crippen molar-refractivity contribution in [1.29, 1.82) is 0 Å². The molecule has 5 nitrogen and oxygen atoms in total. The Morgan fingerprint density at radius 2 is 1.92 bits per heavy atom. The van der Waals surface area contributed by atoms with Gasteiger partial charge in [0.25, 0.3) is 0 Å². The maximum absolute atomic E-state index is 13.0. The Morgan fingerprint density at radius 3 is 2.54 bits per heavy atom. The summed E-state index contributed by atoms with van der Waals surface area (Å²) in [4.78, 5) is 25.4. The SMILES string of the molecule is CCOC(=O)C1=CC=C(C)[C@]2(Cc3ccc(OC)cc3)C(=O)CC[C@]12O. The highest BCUT2D eigenvalue weighted by atomic mass is 16.5. The van der Waals surface area contributed by atoms with Crippen molar-refractivity contribution in [3.8, 4) is 5.75 Å². The number of fused-ring (bicyclic) bond motifs is 1. The van der Waals surface area contributed by atoms with Crippen molar-refractivity contribution in [1.82, 2.24) is 0 Å². The quantitative estimate of drug-likeness (QED) is 0.822. The molecule has 1 N–H and O–H groups in total. The average Bonchev–Trinajstić information content (AvgIpc) is 2.89. The van der Waals surface area contributed by atoms with Crippen LogP contribution in [0.3, 0.4) is 0 Å². The van der Waals surface area contributed by atoms with Crippen LogP contribution in [0.25, 0.3) is 0 Å². The zero-order chi connectivity index (χ0) is 18.9. The third kappa shape index (κ3) is 2.58. The summed E-state index contributed by atoms with van der Waals surface area (Å²) in [6.07, 6.45) is 4.13. The second kappa shape index (κ2) is 6.72. The van der Waals surface area contributed by atoms with Gasteiger partial charge in [-0.15, -0.1) is 0 Å². The summed E-state index contributed by atoms with van der Waals surface area (Å²) < 4.78 is 10.3. The zero-order valence-electron chi connectivity index (χ0n) is 15.4. The molecule has 1 fully saturated rings. The fourth-order valence-corrected chi connectivity index (χ4v) is 4.23. The second-order valence-electron chi connectivity index (χ2n) is 6.86. The van der Waals surface area contributed by atoms with Gasteiger partial charge in [0.1, 0.15) is 17.1 Å². The first-order chi connectivity index (χ1) is 12.4. The lowest BCUT2D eigenvalue weighted by Crippen LogP contribution is -2.54. The van der Waals surface area contributed by atoms with Gasteiger partial charge < -0.3 is 14.6 Å². The van der Waals surface area contributed by atoms with Crippen molar-refractivity contribution < 1.29 is 24.2 Å². The Kier molecular flexibility index (Phi) is 4.76. The molecule has 0 aromatic heterocycles. The minimum Gasteiger partial charge on any atom is -0.497 e. The number of carbonyl (C=O) groups is 2. The highest BCUT2D eigenvalue weighted by molar-refractivity contribution is 6.00. The van der Waals surface area contributed by atoms with E-state index < -0.39 is 17.0 Å². The van der Waals surface area contributed by atoms with Gasteiger partial charge in [0.05, 0.1) is 24.7 Å². The van der Waals surface area contributed by atoms with Crippen LogP contribution in [0.5, 0.6) is 5.75 Å². The number of ether oxygens (including phenoxy) is 2. The Labute approximate surface area is 153 Å². The summed E-state index contributed by atoms with van der Waals surface area (Å²) in [6, 6.07) is 7.42. The summed E-state index contributed by atoms with van der Waals surface area (Å²) in [5.74, 6) is 0.120. The molecule has 0 radical (unpaired) electrons. The van der Waals surface area contributed by atoms with Crippen molar-refractivity contribution in [2.24, 2.45) is 5.41 Å². The lowest BCUT2D eigenvalue weighted by atomic mass is 9.60. The van der Waals surface area contributed by atoms with E-state index in [9.17, 15) is 14.7 Å². The van der Waals surface area contributed by atoms with Crippen LogP contribution in [0, 0.1) is 5.41 Å². The largest absolute Gasteiger partial charge is 0.497 e. The monoisotopic (exact) mass is 356 g/mol. The van der Waals surface area contributed by atoms with E-state index in [4.69, 9.17) is 9.47 Å². The maximum Gasteiger partial charge on any atom is 0.336 e. The Bertz CT molecular complexity index is 789. The van der Waals surface area contributed by atoms with Crippen LogP contribution in [-0.2, 0) is 20.7 Å². The summed E-state index contributed by atoms with van der Waals surface area (Å²) >= 11 is 0. The molecule has 0 bridgehead atoms. The maximum atomic E-state index is 13.0. The van der Waals surface area contributed by atoms with Crippen molar-refractivity contribution in [2.75, 3.05) is 13.7 Å². The molecule has 0 aliphatic heterocycles. The Hall–Kier alpha value is -2.40. The molecule has 26 heavy (non-hydrogen) atoms. The number of hydrogen-bond acceptors (Lipinski definition) is 5. The van der Waals surface area contributed by atoms with E-state index in [0.717, 1.165) is 16.9 Å². The standard InChI is InChI=1S/C21H24O5/c1-4-26-19(23)17-10-5-14(2)20(18(22)11-12-21(17,20)24)13-15-6-8-16(25-3)9-7-15/h5-10,24H,4,11-13H2,1-3H3/t20-,21+/m1/s1. The van der Waals surface area contributed by atoms with Crippen LogP contribution in [-0.4, -0.2) is 36.2 Å². The third-order valence-corrected chi connectivity index (χ3v) is 5.64. The van der Waals surface area contributed by atoms with E-state index in [2.05, 4.69) is 0 Å². The third-order valence-electron chi connectivity index (χ3n) is 5.64. The van der Waals surface area contributed by atoms with E-state index in [1.807, 2.05) is 31.2 Å². The molecule has 5 heteroatoms. The summed E-state index contributed by atoms with van der Waals surface area (Å²) in [7, 11) is 1.59. The molecule has 0 saturated heterocycles. The normalized spacial score (nSPS) is 27.5. The van der Waals surface area contributed by atoms with E-state index in [-0.39, 0.29) is 30.8 Å². The van der Waals surface area contributed by atoms with Gasteiger partial charge in [0, 0.05) is 6.42 Å². The minimum atomic E-state index is -1.55. The van der Waals surface area contributed by atoms with E-state index in [1.54, 1.807) is 26.2 Å². The first-order valence-corrected chi connectivity index (χ1v) is 8.84. The smallest absolute Gasteiger partial charge is 0.336 e. The molecule has 0 amide bonds. The average molecular weight is 356 g/mol. The molecule has 2 aliphatic carbocycles. The van der Waals surface area contributed by atoms with Crippen LogP contribution in [0.2, 0.25) is 0 Å². The fraction of sp³-hybridized carbons (Fsp3) is 0.429. The molecular weight excluding hydrogens is 332 g/mol. The van der Waals surface area contributed by atoms with Crippen LogP contribution in [0.15, 0.2) is 47.6 Å². The van der Waals surface area contributed by atoms with Gasteiger partial charge in [-0.1, -0.05) is 23.8 Å².